The summed E-state index contributed by atoms with van der Waals surface area (Å²) < 4.78 is 51.6. The molecule has 2 amide bonds. The van der Waals surface area contributed by atoms with E-state index >= 15 is 4.39 Å². The van der Waals surface area contributed by atoms with Crippen molar-refractivity contribution < 1.29 is 61.6 Å². The number of Topliss-reactive ketones (excluding diaryl/α,β-unsaturated/α-hetero) is 2. The SMILES string of the molecule is C=CCO[C@]1(C)C[C@](C)(F)C(=O)/C(C)=C/[C@](C)(OC(=O)NC(=O)C(Cl)(Cl)Cl)[C@@H](CC)OC(=O)[C@H](C)C(=O)[C@H](C)[C@H]1O[C@@H]1O[C@H](C)C[C@H](N(C)C)[C@H]1OC(=O)c1ccccc1. The molecule has 0 unspecified atom stereocenters. The lowest BCUT2D eigenvalue weighted by Crippen LogP contribution is -2.61. The predicted molar refractivity (Wildman–Crippen MR) is 221 cm³/mol. The summed E-state index contributed by atoms with van der Waals surface area (Å²) in [7, 11) is 3.60. The largest absolute Gasteiger partial charge is 0.457 e. The first-order valence-corrected chi connectivity index (χ1v) is 20.6. The van der Waals surface area contributed by atoms with Gasteiger partial charge in [0.15, 0.2) is 35.2 Å². The van der Waals surface area contributed by atoms with Crippen LogP contribution < -0.4 is 5.32 Å². The van der Waals surface area contributed by atoms with E-state index in [-0.39, 0.29) is 24.2 Å². The fourth-order valence-electron chi connectivity index (χ4n) is 7.68. The fourth-order valence-corrected chi connectivity index (χ4v) is 7.82. The number of hydrogen-bond acceptors (Lipinski definition) is 13. The van der Waals surface area contributed by atoms with Gasteiger partial charge in [-0.05, 0) is 92.3 Å². The maximum atomic E-state index is 17.3. The number of esters is 2. The van der Waals surface area contributed by atoms with Gasteiger partial charge < -0.3 is 33.3 Å². The van der Waals surface area contributed by atoms with Gasteiger partial charge >= 0.3 is 18.0 Å². The number of ether oxygens (including phenoxy) is 6. The second-order valence-electron chi connectivity index (χ2n) is 16.1. The molecule has 1 fully saturated rings. The maximum absolute atomic E-state index is 17.3. The molecule has 0 aliphatic carbocycles. The molecule has 1 aromatic rings. The number of halogens is 4. The monoisotopic (exact) mass is 904 g/mol. The van der Waals surface area contributed by atoms with Crippen LogP contribution in [0.4, 0.5) is 9.18 Å². The summed E-state index contributed by atoms with van der Waals surface area (Å²) in [6.07, 6.45) is -5.17. The number of cyclic esters (lactones) is 1. The van der Waals surface area contributed by atoms with Crippen LogP contribution in [0.3, 0.4) is 0 Å². The van der Waals surface area contributed by atoms with Crippen molar-refractivity contribution in [3.8, 4) is 0 Å². The van der Waals surface area contributed by atoms with Gasteiger partial charge in [-0.3, -0.25) is 24.5 Å². The normalized spacial score (nSPS) is 34.4. The van der Waals surface area contributed by atoms with Gasteiger partial charge in [0.2, 0.25) is 0 Å². The van der Waals surface area contributed by atoms with Crippen LogP contribution in [0.2, 0.25) is 0 Å². The van der Waals surface area contributed by atoms with Crippen LogP contribution in [0, 0.1) is 11.8 Å². The zero-order valence-electron chi connectivity index (χ0n) is 35.6. The van der Waals surface area contributed by atoms with Crippen LogP contribution >= 0.6 is 34.8 Å². The number of carbonyl (C=O) groups excluding carboxylic acids is 6. The van der Waals surface area contributed by atoms with Gasteiger partial charge in [0.05, 0.1) is 36.0 Å². The first-order chi connectivity index (χ1) is 27.7. The second-order valence-corrected chi connectivity index (χ2v) is 18.4. The molecule has 2 aliphatic rings. The number of hydrogen-bond donors (Lipinski definition) is 1. The third-order valence-corrected chi connectivity index (χ3v) is 11.2. The molecule has 0 spiro atoms. The Morgan fingerprint density at radius 3 is 2.23 bits per heavy atom. The summed E-state index contributed by atoms with van der Waals surface area (Å²) >= 11 is 16.8. The Bertz CT molecular complexity index is 1790. The van der Waals surface area contributed by atoms with Crippen LogP contribution in [0.25, 0.3) is 0 Å². The average Bonchev–Trinajstić information content (AvgIpc) is 3.16. The molecule has 1 aromatic carbocycles. The van der Waals surface area contributed by atoms with Crippen LogP contribution in [0.15, 0.2) is 54.6 Å². The van der Waals surface area contributed by atoms with E-state index < -0.39 is 111 Å². The molecule has 2 aliphatic heterocycles. The van der Waals surface area contributed by atoms with Gasteiger partial charge in [-0.2, -0.15) is 0 Å². The minimum Gasteiger partial charge on any atom is -0.457 e. The highest BCUT2D eigenvalue weighted by molar-refractivity contribution is 6.76. The van der Waals surface area contributed by atoms with Gasteiger partial charge in [0, 0.05) is 12.3 Å². The summed E-state index contributed by atoms with van der Waals surface area (Å²) in [6, 6.07) is 7.82. The van der Waals surface area contributed by atoms with Crippen molar-refractivity contribution in [1.82, 2.24) is 10.2 Å². The van der Waals surface area contributed by atoms with Crippen LogP contribution in [-0.4, -0.2) is 119 Å². The number of imide groups is 1. The summed E-state index contributed by atoms with van der Waals surface area (Å²) in [5, 5.41) is 1.76. The third kappa shape index (κ3) is 12.6. The van der Waals surface area contributed by atoms with E-state index in [9.17, 15) is 28.8 Å². The molecule has 2 heterocycles. The summed E-state index contributed by atoms with van der Waals surface area (Å²) in [5.41, 5.74) is -6.73. The molecule has 0 radical (unpaired) electrons. The highest BCUT2D eigenvalue weighted by atomic mass is 35.6. The molecule has 334 valence electrons. The van der Waals surface area contributed by atoms with E-state index in [1.807, 2.05) is 4.90 Å². The van der Waals surface area contributed by atoms with Gasteiger partial charge in [-0.1, -0.05) is 72.9 Å². The number of nitrogens with one attached hydrogen (secondary N) is 1. The summed E-state index contributed by atoms with van der Waals surface area (Å²) in [4.78, 5) is 83.3. The zero-order chi connectivity index (χ0) is 45.5. The number of rotatable bonds is 10. The predicted octanol–water partition coefficient (Wildman–Crippen LogP) is 6.82. The number of alkyl carbamates (subject to hydrolysis) is 1. The topological polar surface area (TPSA) is 173 Å². The first kappa shape index (κ1) is 50.9. The van der Waals surface area contributed by atoms with Crippen molar-refractivity contribution in [2.75, 3.05) is 20.7 Å². The maximum Gasteiger partial charge on any atom is 0.414 e. The first-order valence-electron chi connectivity index (χ1n) is 19.5. The lowest BCUT2D eigenvalue weighted by Gasteiger charge is -2.48. The second kappa shape index (κ2) is 20.6. The lowest BCUT2D eigenvalue weighted by atomic mass is 9.75. The molecule has 14 nitrogen and oxygen atoms in total. The van der Waals surface area contributed by atoms with E-state index in [4.69, 9.17) is 63.2 Å². The number of amides is 2. The Hall–Kier alpha value is -3.44. The van der Waals surface area contributed by atoms with E-state index in [2.05, 4.69) is 6.58 Å². The van der Waals surface area contributed by atoms with E-state index in [0.29, 0.717) is 6.42 Å². The summed E-state index contributed by atoms with van der Waals surface area (Å²) in [5.74, 6) is -7.73. The van der Waals surface area contributed by atoms with Crippen LogP contribution in [0.5, 0.6) is 0 Å². The van der Waals surface area contributed by atoms with E-state index in [1.165, 1.54) is 40.7 Å². The van der Waals surface area contributed by atoms with E-state index in [1.54, 1.807) is 63.6 Å². The minimum absolute atomic E-state index is 0.0677. The highest BCUT2D eigenvalue weighted by Gasteiger charge is 2.54. The average molecular weight is 906 g/mol. The zero-order valence-corrected chi connectivity index (χ0v) is 37.8. The molecule has 11 atom stereocenters. The van der Waals surface area contributed by atoms with Gasteiger partial charge in [-0.25, -0.2) is 14.0 Å². The smallest absolute Gasteiger partial charge is 0.414 e. The van der Waals surface area contributed by atoms with Crippen molar-refractivity contribution in [2.45, 2.75) is 132 Å². The Balaban J connectivity index is 2.23. The molecular formula is C42H56Cl3FN2O12. The van der Waals surface area contributed by atoms with Crippen LogP contribution in [-0.2, 0) is 47.6 Å². The number of carbonyl (C=O) groups is 6. The number of allylic oxidation sites excluding steroid dienone is 1. The Morgan fingerprint density at radius 1 is 1.07 bits per heavy atom. The number of nitrogens with zero attached hydrogens (tertiary/aromatic N) is 1. The van der Waals surface area contributed by atoms with E-state index in [0.717, 1.165) is 13.0 Å². The summed E-state index contributed by atoms with van der Waals surface area (Å²) in [6.45, 7) is 14.6. The van der Waals surface area contributed by atoms with Gasteiger partial charge in [0.1, 0.15) is 12.0 Å². The fraction of sp³-hybridized carbons (Fsp3) is 0.619. The van der Waals surface area contributed by atoms with Gasteiger partial charge in [-0.15, -0.1) is 6.58 Å². The molecule has 0 bridgehead atoms. The quantitative estimate of drug-likeness (QED) is 0.0854. The lowest BCUT2D eigenvalue weighted by molar-refractivity contribution is -0.297. The molecular weight excluding hydrogens is 850 g/mol. The Kier molecular flexibility index (Phi) is 17.5. The molecule has 0 aromatic heterocycles. The van der Waals surface area contributed by atoms with Crippen molar-refractivity contribution in [3.05, 3.63) is 60.2 Å². The number of benzene rings is 1. The minimum atomic E-state index is -2.78. The van der Waals surface area contributed by atoms with Crippen molar-refractivity contribution in [3.63, 3.8) is 0 Å². The molecule has 0 saturated carbocycles. The van der Waals surface area contributed by atoms with Crippen molar-refractivity contribution in [2.24, 2.45) is 11.8 Å². The molecule has 60 heavy (non-hydrogen) atoms. The third-order valence-electron chi connectivity index (χ3n) is 10.7. The van der Waals surface area contributed by atoms with Crippen LogP contribution in [0.1, 0.15) is 85.0 Å². The van der Waals surface area contributed by atoms with Crippen molar-refractivity contribution in [1.29, 1.82) is 0 Å². The molecule has 3 rings (SSSR count). The molecule has 1 saturated heterocycles. The number of alkyl halides is 4. The standard InChI is InChI=1S/C42H56Cl3FN2O12/c1-12-19-55-41(9)22-39(7,46)32(50)23(3)21-40(8,60-38(54)47-37(53)42(43,44)45)29(13-2)57-34(51)26(6)30(49)25(5)33(41)59-36-31(28(48(10)11)20-24(4)56-36)58-35(52)27-17-15-14-16-18-27/h12,14-18,21,24-26,28-29,31,33,36H,1,13,19-20,22H2,2-11H3,(H,47,53,54)/b23-21+/t24-,25+,26-,28+,29-,31-,33-,36+,39+,40+,41-/m1/s1. The number of ketones is 2. The number of likely N-dealkylation sites (N-methyl/N-ethyl adjacent to an activating group) is 1. The van der Waals surface area contributed by atoms with Crippen molar-refractivity contribution >= 4 is 70.3 Å². The molecule has 1 N–H and O–H groups in total. The van der Waals surface area contributed by atoms with Gasteiger partial charge in [0.25, 0.3) is 9.70 Å². The Labute approximate surface area is 365 Å². The Morgan fingerprint density at radius 2 is 1.68 bits per heavy atom. The highest BCUT2D eigenvalue weighted by Crippen LogP contribution is 2.41. The molecule has 18 heteroatoms.